The minimum Gasteiger partial charge on any atom is -0.465 e. The number of hydrogen-bond acceptors (Lipinski definition) is 4. The highest BCUT2D eigenvalue weighted by molar-refractivity contribution is 5.81. The fourth-order valence-corrected chi connectivity index (χ4v) is 1.43. The summed E-state index contributed by atoms with van der Waals surface area (Å²) in [4.78, 5) is 11.6. The van der Waals surface area contributed by atoms with Gasteiger partial charge in [0, 0.05) is 13.0 Å². The van der Waals surface area contributed by atoms with Gasteiger partial charge in [-0.1, -0.05) is 5.92 Å². The Labute approximate surface area is 84.0 Å². The van der Waals surface area contributed by atoms with E-state index in [1.54, 1.807) is 6.92 Å². The van der Waals surface area contributed by atoms with E-state index in [0.29, 0.717) is 32.8 Å². The fourth-order valence-electron chi connectivity index (χ4n) is 1.43. The van der Waals surface area contributed by atoms with Crippen LogP contribution in [0.1, 0.15) is 13.3 Å². The van der Waals surface area contributed by atoms with Gasteiger partial charge in [0.05, 0.1) is 19.8 Å². The summed E-state index contributed by atoms with van der Waals surface area (Å²) in [5.74, 6) is 2.17. The third kappa shape index (κ3) is 2.25. The Hall–Kier alpha value is -1.05. The number of carbonyl (C=O) groups is 1. The van der Waals surface area contributed by atoms with Crippen LogP contribution in [0.15, 0.2) is 0 Å². The highest BCUT2D eigenvalue weighted by Crippen LogP contribution is 2.20. The molecule has 4 heteroatoms. The van der Waals surface area contributed by atoms with E-state index in [9.17, 15) is 4.79 Å². The van der Waals surface area contributed by atoms with Crippen molar-refractivity contribution in [1.82, 2.24) is 5.32 Å². The molecule has 14 heavy (non-hydrogen) atoms. The minimum atomic E-state index is -0.720. The van der Waals surface area contributed by atoms with Crippen molar-refractivity contribution in [3.05, 3.63) is 0 Å². The molecule has 0 saturated carbocycles. The second-order valence-electron chi connectivity index (χ2n) is 3.16. The maximum absolute atomic E-state index is 11.6. The smallest absolute Gasteiger partial charge is 0.328 e. The lowest BCUT2D eigenvalue weighted by atomic mass is 9.99. The van der Waals surface area contributed by atoms with Gasteiger partial charge in [0.25, 0.3) is 0 Å². The van der Waals surface area contributed by atoms with Gasteiger partial charge in [-0.2, -0.15) is 0 Å². The van der Waals surface area contributed by atoms with Crippen LogP contribution in [-0.4, -0.2) is 37.9 Å². The molecular weight excluding hydrogens is 182 g/mol. The maximum Gasteiger partial charge on any atom is 0.328 e. The topological polar surface area (TPSA) is 47.6 Å². The Bertz CT molecular complexity index is 238. The predicted molar refractivity (Wildman–Crippen MR) is 51.6 cm³/mol. The molecule has 1 heterocycles. The van der Waals surface area contributed by atoms with Gasteiger partial charge in [0.2, 0.25) is 0 Å². The van der Waals surface area contributed by atoms with Gasteiger partial charge in [-0.3, -0.25) is 5.32 Å². The largest absolute Gasteiger partial charge is 0.465 e. The molecule has 1 unspecified atom stereocenters. The van der Waals surface area contributed by atoms with Gasteiger partial charge >= 0.3 is 5.97 Å². The third-order valence-corrected chi connectivity index (χ3v) is 2.22. The van der Waals surface area contributed by atoms with Crippen molar-refractivity contribution in [1.29, 1.82) is 0 Å². The molecule has 0 spiro atoms. The van der Waals surface area contributed by atoms with Gasteiger partial charge in [0.1, 0.15) is 5.54 Å². The number of esters is 1. The lowest BCUT2D eigenvalue weighted by Gasteiger charge is -2.25. The molecule has 0 aromatic rings. The number of terminal acetylenes is 1. The molecule has 1 aliphatic rings. The third-order valence-electron chi connectivity index (χ3n) is 2.22. The minimum absolute atomic E-state index is 0.271. The molecule has 1 N–H and O–H groups in total. The standard InChI is InChI=1S/C10H15NO3/c1-3-6-11-10(5-7-13-8-10)9(12)14-4-2/h1,11H,4-8H2,2H3. The van der Waals surface area contributed by atoms with Crippen LogP contribution >= 0.6 is 0 Å². The summed E-state index contributed by atoms with van der Waals surface area (Å²) in [6.07, 6.45) is 5.75. The van der Waals surface area contributed by atoms with Crippen molar-refractivity contribution in [2.75, 3.05) is 26.4 Å². The second kappa shape index (κ2) is 4.99. The highest BCUT2D eigenvalue weighted by Gasteiger charge is 2.43. The van der Waals surface area contributed by atoms with E-state index in [2.05, 4.69) is 11.2 Å². The summed E-state index contributed by atoms with van der Waals surface area (Å²) in [6, 6.07) is 0. The fraction of sp³-hybridized carbons (Fsp3) is 0.700. The number of carbonyl (C=O) groups excluding carboxylic acids is 1. The normalized spacial score (nSPS) is 25.7. The Morgan fingerprint density at radius 3 is 3.07 bits per heavy atom. The van der Waals surface area contributed by atoms with E-state index in [4.69, 9.17) is 15.9 Å². The molecule has 0 radical (unpaired) electrons. The summed E-state index contributed by atoms with van der Waals surface area (Å²) >= 11 is 0. The number of ether oxygens (including phenoxy) is 2. The molecule has 1 rings (SSSR count). The van der Waals surface area contributed by atoms with E-state index in [1.165, 1.54) is 0 Å². The first kappa shape index (κ1) is 11.0. The van der Waals surface area contributed by atoms with Gasteiger partial charge in [-0.25, -0.2) is 4.79 Å². The average Bonchev–Trinajstić information content (AvgIpc) is 2.65. The van der Waals surface area contributed by atoms with Crippen molar-refractivity contribution in [3.63, 3.8) is 0 Å². The predicted octanol–water partition coefficient (Wildman–Crippen LogP) is -0.0686. The first-order valence-corrected chi connectivity index (χ1v) is 4.68. The van der Waals surface area contributed by atoms with Crippen LogP contribution in [0.5, 0.6) is 0 Å². The SMILES string of the molecule is C#CCNC1(C(=O)OCC)CCOC1. The Balaban J connectivity index is 2.61. The van der Waals surface area contributed by atoms with Crippen LogP contribution in [0.4, 0.5) is 0 Å². The van der Waals surface area contributed by atoms with Crippen LogP contribution in [0.2, 0.25) is 0 Å². The zero-order valence-corrected chi connectivity index (χ0v) is 8.34. The number of rotatable bonds is 4. The van der Waals surface area contributed by atoms with Gasteiger partial charge < -0.3 is 9.47 Å². The first-order chi connectivity index (χ1) is 6.75. The first-order valence-electron chi connectivity index (χ1n) is 4.68. The molecule has 0 amide bonds. The van der Waals surface area contributed by atoms with Crippen LogP contribution in [0, 0.1) is 12.3 Å². The molecular formula is C10H15NO3. The van der Waals surface area contributed by atoms with Crippen molar-refractivity contribution in [2.45, 2.75) is 18.9 Å². The quantitative estimate of drug-likeness (QED) is 0.506. The Kier molecular flexibility index (Phi) is 3.93. The van der Waals surface area contributed by atoms with E-state index in [-0.39, 0.29) is 5.97 Å². The molecule has 78 valence electrons. The Morgan fingerprint density at radius 2 is 2.57 bits per heavy atom. The van der Waals surface area contributed by atoms with Crippen molar-refractivity contribution >= 4 is 5.97 Å². The van der Waals surface area contributed by atoms with Crippen molar-refractivity contribution < 1.29 is 14.3 Å². The lowest BCUT2D eigenvalue weighted by Crippen LogP contribution is -2.53. The van der Waals surface area contributed by atoms with Crippen molar-refractivity contribution in [2.24, 2.45) is 0 Å². The zero-order chi connectivity index (χ0) is 10.4. The molecule has 0 aliphatic carbocycles. The van der Waals surface area contributed by atoms with Crippen LogP contribution in [0.3, 0.4) is 0 Å². The summed E-state index contributed by atoms with van der Waals surface area (Å²) < 4.78 is 10.2. The molecule has 1 fully saturated rings. The summed E-state index contributed by atoms with van der Waals surface area (Å²) in [6.45, 7) is 3.41. The van der Waals surface area contributed by atoms with Crippen molar-refractivity contribution in [3.8, 4) is 12.3 Å². The number of hydrogen-bond donors (Lipinski definition) is 1. The number of nitrogens with one attached hydrogen (secondary N) is 1. The van der Waals surface area contributed by atoms with E-state index < -0.39 is 5.54 Å². The molecule has 4 nitrogen and oxygen atoms in total. The molecule has 1 aliphatic heterocycles. The van der Waals surface area contributed by atoms with E-state index in [1.807, 2.05) is 0 Å². The molecule has 1 saturated heterocycles. The van der Waals surface area contributed by atoms with Gasteiger partial charge in [0.15, 0.2) is 0 Å². The Morgan fingerprint density at radius 1 is 1.79 bits per heavy atom. The molecule has 1 atom stereocenters. The van der Waals surface area contributed by atoms with Gasteiger partial charge in [-0.15, -0.1) is 6.42 Å². The monoisotopic (exact) mass is 197 g/mol. The lowest BCUT2D eigenvalue weighted by molar-refractivity contribution is -0.151. The molecule has 0 bridgehead atoms. The highest BCUT2D eigenvalue weighted by atomic mass is 16.5. The van der Waals surface area contributed by atoms with E-state index in [0.717, 1.165) is 0 Å². The van der Waals surface area contributed by atoms with Crippen LogP contribution in [-0.2, 0) is 14.3 Å². The van der Waals surface area contributed by atoms with Gasteiger partial charge in [-0.05, 0) is 6.92 Å². The summed E-state index contributed by atoms with van der Waals surface area (Å²) in [7, 11) is 0. The second-order valence-corrected chi connectivity index (χ2v) is 3.16. The zero-order valence-electron chi connectivity index (χ0n) is 8.34. The average molecular weight is 197 g/mol. The van der Waals surface area contributed by atoms with Crippen LogP contribution in [0.25, 0.3) is 0 Å². The summed E-state index contributed by atoms with van der Waals surface area (Å²) in [5, 5.41) is 2.99. The van der Waals surface area contributed by atoms with Crippen LogP contribution < -0.4 is 5.32 Å². The maximum atomic E-state index is 11.6. The summed E-state index contributed by atoms with van der Waals surface area (Å²) in [5.41, 5.74) is -0.720. The molecule has 0 aromatic carbocycles. The van der Waals surface area contributed by atoms with E-state index >= 15 is 0 Å². The molecule has 0 aromatic heterocycles.